The number of methoxy groups -OCH3 is 1. The van der Waals surface area contributed by atoms with E-state index in [1.165, 1.54) is 25.3 Å². The number of ether oxygens (including phenoxy) is 1. The number of hydrogen-bond acceptors (Lipinski definition) is 3. The van der Waals surface area contributed by atoms with Crippen LogP contribution in [0, 0.1) is 5.82 Å². The van der Waals surface area contributed by atoms with Crippen LogP contribution in [-0.2, 0) is 0 Å². The van der Waals surface area contributed by atoms with Gasteiger partial charge in [0, 0.05) is 17.6 Å². The van der Waals surface area contributed by atoms with Crippen LogP contribution in [0.4, 0.5) is 4.39 Å². The van der Waals surface area contributed by atoms with Crippen LogP contribution in [0.1, 0.15) is 30.6 Å². The van der Waals surface area contributed by atoms with Crippen LogP contribution in [0.3, 0.4) is 0 Å². The maximum absolute atomic E-state index is 13.2. The second-order valence-corrected chi connectivity index (χ2v) is 4.44. The van der Waals surface area contributed by atoms with Gasteiger partial charge in [0.2, 0.25) is 0 Å². The molecular formula is C13H19FN2O2. The van der Waals surface area contributed by atoms with E-state index in [-0.39, 0.29) is 23.7 Å². The molecule has 0 aromatic heterocycles. The highest BCUT2D eigenvalue weighted by molar-refractivity contribution is 5.94. The minimum atomic E-state index is -0.488. The Morgan fingerprint density at radius 1 is 1.50 bits per heavy atom. The van der Waals surface area contributed by atoms with E-state index in [2.05, 4.69) is 5.32 Å². The molecule has 1 aromatic carbocycles. The number of nitrogens with one attached hydrogen (secondary N) is 1. The highest BCUT2D eigenvalue weighted by Gasteiger charge is 2.13. The second-order valence-electron chi connectivity index (χ2n) is 4.44. The average molecular weight is 254 g/mol. The monoisotopic (exact) mass is 254 g/mol. The largest absolute Gasteiger partial charge is 0.494 e. The van der Waals surface area contributed by atoms with Gasteiger partial charge < -0.3 is 15.8 Å². The zero-order valence-electron chi connectivity index (χ0n) is 10.9. The third-order valence-corrected chi connectivity index (χ3v) is 2.52. The summed E-state index contributed by atoms with van der Waals surface area (Å²) in [6, 6.07) is 4.00. The van der Waals surface area contributed by atoms with E-state index >= 15 is 0 Å². The van der Waals surface area contributed by atoms with Crippen LogP contribution in [0.15, 0.2) is 18.2 Å². The fourth-order valence-corrected chi connectivity index (χ4v) is 1.72. The number of benzene rings is 1. The van der Waals surface area contributed by atoms with Crippen molar-refractivity contribution >= 4 is 5.91 Å². The van der Waals surface area contributed by atoms with Gasteiger partial charge in [0.15, 0.2) is 11.6 Å². The van der Waals surface area contributed by atoms with Crippen LogP contribution in [0.2, 0.25) is 0 Å². The molecule has 2 atom stereocenters. The Bertz CT molecular complexity index is 421. The number of carbonyl (C=O) groups is 1. The number of halogens is 1. The highest BCUT2D eigenvalue weighted by Crippen LogP contribution is 2.18. The predicted molar refractivity (Wildman–Crippen MR) is 68.1 cm³/mol. The van der Waals surface area contributed by atoms with Crippen LogP contribution >= 0.6 is 0 Å². The molecule has 5 heteroatoms. The first-order chi connectivity index (χ1) is 8.43. The van der Waals surface area contributed by atoms with Crippen molar-refractivity contribution in [2.75, 3.05) is 7.11 Å². The number of rotatable bonds is 5. The summed E-state index contributed by atoms with van der Waals surface area (Å²) >= 11 is 0. The van der Waals surface area contributed by atoms with Crippen molar-refractivity contribution in [3.05, 3.63) is 29.6 Å². The van der Waals surface area contributed by atoms with Gasteiger partial charge in [0.1, 0.15) is 0 Å². The molecule has 1 aromatic rings. The molecular weight excluding hydrogens is 235 g/mol. The maximum atomic E-state index is 13.2. The molecule has 1 amide bonds. The lowest BCUT2D eigenvalue weighted by atomic mass is 10.1. The van der Waals surface area contributed by atoms with Gasteiger partial charge in [-0.3, -0.25) is 4.79 Å². The van der Waals surface area contributed by atoms with E-state index in [0.29, 0.717) is 12.0 Å². The molecule has 0 bridgehead atoms. The first kappa shape index (κ1) is 14.4. The molecule has 18 heavy (non-hydrogen) atoms. The minimum Gasteiger partial charge on any atom is -0.494 e. The van der Waals surface area contributed by atoms with Crippen LogP contribution in [-0.4, -0.2) is 25.1 Å². The summed E-state index contributed by atoms with van der Waals surface area (Å²) < 4.78 is 18.0. The van der Waals surface area contributed by atoms with Crippen LogP contribution in [0.25, 0.3) is 0 Å². The summed E-state index contributed by atoms with van der Waals surface area (Å²) in [6.07, 6.45) is 0.685. The van der Waals surface area contributed by atoms with Crippen molar-refractivity contribution in [1.82, 2.24) is 5.32 Å². The Balaban J connectivity index is 2.72. The van der Waals surface area contributed by atoms with E-state index < -0.39 is 5.82 Å². The smallest absolute Gasteiger partial charge is 0.251 e. The summed E-state index contributed by atoms with van der Waals surface area (Å²) in [5, 5.41) is 2.80. The summed E-state index contributed by atoms with van der Waals surface area (Å²) in [5.41, 5.74) is 6.02. The van der Waals surface area contributed by atoms with Gasteiger partial charge in [-0.25, -0.2) is 4.39 Å². The van der Waals surface area contributed by atoms with Crippen molar-refractivity contribution < 1.29 is 13.9 Å². The summed E-state index contributed by atoms with van der Waals surface area (Å²) in [4.78, 5) is 11.9. The van der Waals surface area contributed by atoms with Crippen molar-refractivity contribution in [2.45, 2.75) is 32.4 Å². The standard InChI is InChI=1S/C13H19FN2O2/c1-8(15)6-9(2)16-13(17)10-4-5-11(14)12(7-10)18-3/h4-5,7-9H,6,15H2,1-3H3,(H,16,17). The first-order valence-corrected chi connectivity index (χ1v) is 5.84. The van der Waals surface area contributed by atoms with E-state index in [0.717, 1.165) is 0 Å². The molecule has 4 nitrogen and oxygen atoms in total. The molecule has 0 saturated heterocycles. The SMILES string of the molecule is COc1cc(C(=O)NC(C)CC(C)N)ccc1F. The van der Waals surface area contributed by atoms with Crippen molar-refractivity contribution in [3.8, 4) is 5.75 Å². The molecule has 3 N–H and O–H groups in total. The van der Waals surface area contributed by atoms with Crippen LogP contribution < -0.4 is 15.8 Å². The zero-order chi connectivity index (χ0) is 13.7. The normalized spacial score (nSPS) is 13.8. The molecule has 1 rings (SSSR count). The maximum Gasteiger partial charge on any atom is 0.251 e. The van der Waals surface area contributed by atoms with Crippen molar-refractivity contribution in [3.63, 3.8) is 0 Å². The van der Waals surface area contributed by atoms with E-state index in [1.807, 2.05) is 13.8 Å². The Hall–Kier alpha value is -1.62. The van der Waals surface area contributed by atoms with Gasteiger partial charge in [-0.2, -0.15) is 0 Å². The van der Waals surface area contributed by atoms with Crippen molar-refractivity contribution in [2.24, 2.45) is 5.73 Å². The predicted octanol–water partition coefficient (Wildman–Crippen LogP) is 1.69. The topological polar surface area (TPSA) is 64.3 Å². The van der Waals surface area contributed by atoms with Gasteiger partial charge in [-0.1, -0.05) is 0 Å². The Labute approximate surface area is 106 Å². The second kappa shape index (κ2) is 6.35. The fourth-order valence-electron chi connectivity index (χ4n) is 1.72. The molecule has 0 heterocycles. The zero-order valence-corrected chi connectivity index (χ0v) is 10.9. The third-order valence-electron chi connectivity index (χ3n) is 2.52. The number of amides is 1. The number of nitrogens with two attached hydrogens (primary N) is 1. The van der Waals surface area contributed by atoms with E-state index in [4.69, 9.17) is 10.5 Å². The third kappa shape index (κ3) is 4.00. The van der Waals surface area contributed by atoms with Crippen molar-refractivity contribution in [1.29, 1.82) is 0 Å². The summed E-state index contributed by atoms with van der Waals surface area (Å²) in [6.45, 7) is 3.76. The molecule has 0 radical (unpaired) electrons. The number of hydrogen-bond donors (Lipinski definition) is 2. The lowest BCUT2D eigenvalue weighted by molar-refractivity contribution is 0.0937. The molecule has 0 aliphatic carbocycles. The van der Waals surface area contributed by atoms with E-state index in [1.54, 1.807) is 0 Å². The van der Waals surface area contributed by atoms with Gasteiger partial charge in [-0.05, 0) is 38.5 Å². The minimum absolute atomic E-state index is 0.0167. The van der Waals surface area contributed by atoms with Gasteiger partial charge in [-0.15, -0.1) is 0 Å². The Morgan fingerprint density at radius 3 is 2.72 bits per heavy atom. The Kier molecular flexibility index (Phi) is 5.09. The lowest BCUT2D eigenvalue weighted by Crippen LogP contribution is -2.36. The van der Waals surface area contributed by atoms with Gasteiger partial charge in [0.25, 0.3) is 5.91 Å². The highest BCUT2D eigenvalue weighted by atomic mass is 19.1. The lowest BCUT2D eigenvalue weighted by Gasteiger charge is -2.16. The molecule has 100 valence electrons. The molecule has 0 fully saturated rings. The molecule has 2 unspecified atom stereocenters. The van der Waals surface area contributed by atoms with E-state index in [9.17, 15) is 9.18 Å². The van der Waals surface area contributed by atoms with Gasteiger partial charge >= 0.3 is 0 Å². The quantitative estimate of drug-likeness (QED) is 0.840. The fraction of sp³-hybridized carbons (Fsp3) is 0.462. The number of carbonyl (C=O) groups excluding carboxylic acids is 1. The molecule has 0 saturated carbocycles. The first-order valence-electron chi connectivity index (χ1n) is 5.84. The summed E-state index contributed by atoms with van der Waals surface area (Å²) in [7, 11) is 1.36. The summed E-state index contributed by atoms with van der Waals surface area (Å²) in [5.74, 6) is -0.693. The average Bonchev–Trinajstić information content (AvgIpc) is 2.28. The molecule has 0 spiro atoms. The van der Waals surface area contributed by atoms with Crippen LogP contribution in [0.5, 0.6) is 5.75 Å². The van der Waals surface area contributed by atoms with Gasteiger partial charge in [0.05, 0.1) is 7.11 Å². The molecule has 0 aliphatic heterocycles. The Morgan fingerprint density at radius 2 is 2.17 bits per heavy atom. The molecule has 0 aliphatic rings.